The van der Waals surface area contributed by atoms with Gasteiger partial charge >= 0.3 is 5.97 Å². The van der Waals surface area contributed by atoms with Gasteiger partial charge in [0.15, 0.2) is 0 Å². The van der Waals surface area contributed by atoms with Crippen molar-refractivity contribution in [1.82, 2.24) is 5.32 Å². The highest BCUT2D eigenvalue weighted by molar-refractivity contribution is 9.11. The smallest absolute Gasteiger partial charge is 0.322 e. The lowest BCUT2D eigenvalue weighted by molar-refractivity contribution is -0.142. The van der Waals surface area contributed by atoms with Crippen LogP contribution in [0.5, 0.6) is 0 Å². The van der Waals surface area contributed by atoms with Crippen LogP contribution in [-0.4, -0.2) is 19.1 Å². The van der Waals surface area contributed by atoms with Crippen LogP contribution in [0.3, 0.4) is 0 Å². The van der Waals surface area contributed by atoms with Gasteiger partial charge in [0.1, 0.15) is 6.04 Å². The van der Waals surface area contributed by atoms with E-state index in [9.17, 15) is 4.79 Å². The fraction of sp³-hybridized carbons (Fsp3) is 0.444. The van der Waals surface area contributed by atoms with E-state index in [2.05, 4.69) is 26.0 Å². The highest BCUT2D eigenvalue weighted by Crippen LogP contribution is 2.20. The lowest BCUT2D eigenvalue weighted by Gasteiger charge is -2.09. The molecular formula is C9H12BrNO2S. The summed E-state index contributed by atoms with van der Waals surface area (Å²) in [5.74, 6) is -0.237. The lowest BCUT2D eigenvalue weighted by atomic mass is 10.3. The minimum absolute atomic E-state index is 0.237. The Morgan fingerprint density at radius 3 is 3.00 bits per heavy atom. The number of hydrogen-bond donors (Lipinski definition) is 1. The molecule has 0 saturated heterocycles. The molecule has 1 atom stereocenters. The zero-order valence-corrected chi connectivity index (χ0v) is 10.4. The van der Waals surface area contributed by atoms with Gasteiger partial charge in [-0.15, -0.1) is 11.3 Å². The zero-order chi connectivity index (χ0) is 10.6. The van der Waals surface area contributed by atoms with Gasteiger partial charge in [0, 0.05) is 6.54 Å². The van der Waals surface area contributed by atoms with Crippen molar-refractivity contribution in [2.24, 2.45) is 0 Å². The molecule has 1 heterocycles. The third-order valence-electron chi connectivity index (χ3n) is 1.79. The van der Waals surface area contributed by atoms with Crippen LogP contribution >= 0.6 is 27.3 Å². The second kappa shape index (κ2) is 5.48. The van der Waals surface area contributed by atoms with Gasteiger partial charge < -0.3 is 10.1 Å². The number of esters is 1. The summed E-state index contributed by atoms with van der Waals surface area (Å²) >= 11 is 5.01. The van der Waals surface area contributed by atoms with Crippen LogP contribution in [0.2, 0.25) is 0 Å². The summed E-state index contributed by atoms with van der Waals surface area (Å²) in [5.41, 5.74) is 1.16. The molecule has 0 radical (unpaired) electrons. The molecule has 3 nitrogen and oxygen atoms in total. The molecule has 1 aromatic heterocycles. The van der Waals surface area contributed by atoms with E-state index in [4.69, 9.17) is 0 Å². The lowest BCUT2D eigenvalue weighted by Crippen LogP contribution is -2.34. The van der Waals surface area contributed by atoms with E-state index in [-0.39, 0.29) is 12.0 Å². The molecule has 0 aliphatic carbocycles. The van der Waals surface area contributed by atoms with Gasteiger partial charge in [-0.1, -0.05) is 0 Å². The minimum atomic E-state index is -0.265. The van der Waals surface area contributed by atoms with Crippen molar-refractivity contribution in [2.45, 2.75) is 19.5 Å². The van der Waals surface area contributed by atoms with Crippen molar-refractivity contribution in [1.29, 1.82) is 0 Å². The maximum absolute atomic E-state index is 11.0. The van der Waals surface area contributed by atoms with E-state index in [1.54, 1.807) is 18.3 Å². The van der Waals surface area contributed by atoms with Crippen molar-refractivity contribution in [3.63, 3.8) is 0 Å². The summed E-state index contributed by atoms with van der Waals surface area (Å²) in [6.45, 7) is 2.46. The first-order valence-corrected chi connectivity index (χ1v) is 5.85. The van der Waals surface area contributed by atoms with Gasteiger partial charge in [0.25, 0.3) is 0 Å². The second-order valence-electron chi connectivity index (χ2n) is 2.88. The molecule has 5 heteroatoms. The summed E-state index contributed by atoms with van der Waals surface area (Å²) < 4.78 is 5.69. The first-order valence-electron chi connectivity index (χ1n) is 4.17. The Morgan fingerprint density at radius 2 is 2.50 bits per heavy atom. The maximum Gasteiger partial charge on any atom is 0.322 e. The van der Waals surface area contributed by atoms with E-state index in [0.717, 1.165) is 9.35 Å². The Balaban J connectivity index is 2.37. The molecule has 0 fully saturated rings. The van der Waals surface area contributed by atoms with Crippen LogP contribution in [0.4, 0.5) is 0 Å². The van der Waals surface area contributed by atoms with Crippen molar-refractivity contribution in [3.8, 4) is 0 Å². The molecule has 78 valence electrons. The molecule has 14 heavy (non-hydrogen) atoms. The van der Waals surface area contributed by atoms with Crippen LogP contribution in [0.1, 0.15) is 12.5 Å². The fourth-order valence-corrected chi connectivity index (χ4v) is 2.18. The molecule has 0 saturated carbocycles. The Hall–Kier alpha value is -0.390. The van der Waals surface area contributed by atoms with Gasteiger partial charge in [-0.05, 0) is 39.9 Å². The predicted octanol–water partition coefficient (Wildman–Crippen LogP) is 2.16. The second-order valence-corrected chi connectivity index (χ2v) is 5.18. The Kier molecular flexibility index (Phi) is 4.57. The number of thiophene rings is 1. The van der Waals surface area contributed by atoms with Crippen molar-refractivity contribution < 1.29 is 9.53 Å². The van der Waals surface area contributed by atoms with Crippen LogP contribution in [0.25, 0.3) is 0 Å². The van der Waals surface area contributed by atoms with Crippen LogP contribution in [-0.2, 0) is 16.1 Å². The number of ether oxygens (including phenoxy) is 1. The summed E-state index contributed by atoms with van der Waals surface area (Å²) in [5, 5.41) is 5.12. The monoisotopic (exact) mass is 277 g/mol. The van der Waals surface area contributed by atoms with Crippen molar-refractivity contribution in [3.05, 3.63) is 20.8 Å². The number of carbonyl (C=O) groups excluding carboxylic acids is 1. The van der Waals surface area contributed by atoms with Gasteiger partial charge in [0.2, 0.25) is 0 Å². The average molecular weight is 278 g/mol. The molecule has 0 bridgehead atoms. The molecule has 1 unspecified atom stereocenters. The van der Waals surface area contributed by atoms with E-state index >= 15 is 0 Å². The van der Waals surface area contributed by atoms with Gasteiger partial charge in [-0.2, -0.15) is 0 Å². The van der Waals surface area contributed by atoms with Crippen LogP contribution in [0, 0.1) is 0 Å². The average Bonchev–Trinajstić information content (AvgIpc) is 2.59. The molecule has 0 aliphatic rings. The third-order valence-corrected chi connectivity index (χ3v) is 3.34. The highest BCUT2D eigenvalue weighted by atomic mass is 79.9. The molecule has 1 N–H and O–H groups in total. The summed E-state index contributed by atoms with van der Waals surface area (Å²) in [6.07, 6.45) is 0. The number of rotatable bonds is 4. The summed E-state index contributed by atoms with van der Waals surface area (Å²) in [6, 6.07) is 1.76. The first-order chi connectivity index (χ1) is 6.63. The SMILES string of the molecule is COC(=O)C(C)NCc1csc(Br)c1. The quantitative estimate of drug-likeness (QED) is 0.858. The molecule has 1 rings (SSSR count). The van der Waals surface area contributed by atoms with Gasteiger partial charge in [-0.25, -0.2) is 0 Å². The van der Waals surface area contributed by atoms with E-state index in [1.165, 1.54) is 7.11 Å². The van der Waals surface area contributed by atoms with Crippen molar-refractivity contribution in [2.75, 3.05) is 7.11 Å². The predicted molar refractivity (Wildman–Crippen MR) is 60.3 cm³/mol. The number of methoxy groups -OCH3 is 1. The van der Waals surface area contributed by atoms with E-state index in [1.807, 2.05) is 11.4 Å². The standard InChI is InChI=1S/C9H12BrNO2S/c1-6(9(12)13-2)11-4-7-3-8(10)14-5-7/h3,5-6,11H,4H2,1-2H3. The maximum atomic E-state index is 11.0. The summed E-state index contributed by atoms with van der Waals surface area (Å²) in [4.78, 5) is 11.0. The molecule has 0 aromatic carbocycles. The first kappa shape index (κ1) is 11.7. The molecule has 0 spiro atoms. The molecule has 1 aromatic rings. The Bertz CT molecular complexity index is 314. The third kappa shape index (κ3) is 3.40. The van der Waals surface area contributed by atoms with E-state index in [0.29, 0.717) is 6.54 Å². The van der Waals surface area contributed by atoms with Crippen LogP contribution < -0.4 is 5.32 Å². The number of halogens is 1. The molecular weight excluding hydrogens is 266 g/mol. The number of nitrogens with one attached hydrogen (secondary N) is 1. The minimum Gasteiger partial charge on any atom is -0.468 e. The molecule has 0 amide bonds. The van der Waals surface area contributed by atoms with Crippen molar-refractivity contribution >= 4 is 33.2 Å². The molecule has 0 aliphatic heterocycles. The largest absolute Gasteiger partial charge is 0.468 e. The van der Waals surface area contributed by atoms with Crippen LogP contribution in [0.15, 0.2) is 15.2 Å². The van der Waals surface area contributed by atoms with Gasteiger partial charge in [0.05, 0.1) is 10.9 Å². The van der Waals surface area contributed by atoms with E-state index < -0.39 is 0 Å². The fourth-order valence-electron chi connectivity index (χ4n) is 0.970. The highest BCUT2D eigenvalue weighted by Gasteiger charge is 2.11. The Labute approximate surface area is 95.6 Å². The number of carbonyl (C=O) groups is 1. The van der Waals surface area contributed by atoms with Gasteiger partial charge in [-0.3, -0.25) is 4.79 Å². The topological polar surface area (TPSA) is 38.3 Å². The number of hydrogen-bond acceptors (Lipinski definition) is 4. The Morgan fingerprint density at radius 1 is 1.79 bits per heavy atom. The normalized spacial score (nSPS) is 12.5. The summed E-state index contributed by atoms with van der Waals surface area (Å²) in [7, 11) is 1.39. The zero-order valence-electron chi connectivity index (χ0n) is 8.04.